The van der Waals surface area contributed by atoms with E-state index in [4.69, 9.17) is 14.5 Å². The molecule has 2 fully saturated rings. The van der Waals surface area contributed by atoms with E-state index in [1.54, 1.807) is 7.11 Å². The number of aliphatic imine (C=N–C) groups is 1. The first-order chi connectivity index (χ1) is 13.1. The zero-order chi connectivity index (χ0) is 19.0. The highest BCUT2D eigenvalue weighted by Gasteiger charge is 2.48. The predicted molar refractivity (Wildman–Crippen MR) is 102 cm³/mol. The van der Waals surface area contributed by atoms with Crippen molar-refractivity contribution in [1.29, 1.82) is 0 Å². The number of carbonyl (C=O) groups excluding carboxylic acids is 1. The second kappa shape index (κ2) is 7.60. The molecule has 6 heteroatoms. The molecular weight excluding hydrogens is 344 g/mol. The Morgan fingerprint density at radius 3 is 2.85 bits per heavy atom. The van der Waals surface area contributed by atoms with Gasteiger partial charge in [-0.25, -0.2) is 4.99 Å². The van der Waals surface area contributed by atoms with Gasteiger partial charge in [-0.1, -0.05) is 18.2 Å². The first-order valence-electron chi connectivity index (χ1n) is 9.82. The number of piperidine rings is 1. The average molecular weight is 372 g/mol. The smallest absolute Gasteiger partial charge is 0.311 e. The molecule has 1 N–H and O–H groups in total. The Morgan fingerprint density at radius 2 is 2.07 bits per heavy atom. The monoisotopic (exact) mass is 372 g/mol. The number of hydrogen-bond donors (Lipinski definition) is 1. The zero-order valence-corrected chi connectivity index (χ0v) is 16.0. The highest BCUT2D eigenvalue weighted by molar-refractivity contribution is 5.80. The summed E-state index contributed by atoms with van der Waals surface area (Å²) >= 11 is 0. The molecule has 27 heavy (non-hydrogen) atoms. The van der Waals surface area contributed by atoms with E-state index in [2.05, 4.69) is 11.0 Å². The van der Waals surface area contributed by atoms with Crippen molar-refractivity contribution in [2.75, 3.05) is 27.3 Å². The second-order valence-corrected chi connectivity index (χ2v) is 7.88. The molecule has 1 aliphatic carbocycles. The Kier molecular flexibility index (Phi) is 5.19. The number of nitrogens with zero attached hydrogens (tertiary/aromatic N) is 2. The Balaban J connectivity index is 1.70. The molecule has 1 aromatic carbocycles. The minimum atomic E-state index is -0.604. The summed E-state index contributed by atoms with van der Waals surface area (Å²) in [4.78, 5) is 19.6. The Morgan fingerprint density at radius 1 is 1.26 bits per heavy atom. The van der Waals surface area contributed by atoms with Gasteiger partial charge in [0.25, 0.3) is 0 Å². The number of methoxy groups -OCH3 is 2. The molecule has 6 nitrogen and oxygen atoms in total. The van der Waals surface area contributed by atoms with Crippen LogP contribution in [0.5, 0.6) is 0 Å². The molecule has 4 rings (SSSR count). The lowest BCUT2D eigenvalue weighted by atomic mass is 9.65. The van der Waals surface area contributed by atoms with E-state index in [1.165, 1.54) is 12.7 Å². The van der Waals surface area contributed by atoms with Crippen molar-refractivity contribution in [2.45, 2.75) is 37.8 Å². The van der Waals surface area contributed by atoms with Crippen molar-refractivity contribution >= 4 is 17.6 Å². The number of aliphatic hydroxyl groups excluding tert-OH is 1. The fraction of sp³-hybridized carbons (Fsp3) is 0.619. The molecule has 2 aliphatic heterocycles. The summed E-state index contributed by atoms with van der Waals surface area (Å²) in [5.74, 6) is 0.606. The van der Waals surface area contributed by atoms with Gasteiger partial charge in [-0.2, -0.15) is 0 Å². The molecule has 0 unspecified atom stereocenters. The van der Waals surface area contributed by atoms with Gasteiger partial charge >= 0.3 is 5.97 Å². The lowest BCUT2D eigenvalue weighted by Crippen LogP contribution is -2.52. The molecule has 5 atom stereocenters. The minimum absolute atomic E-state index is 0.140. The van der Waals surface area contributed by atoms with Crippen LogP contribution in [0.25, 0.3) is 0 Å². The van der Waals surface area contributed by atoms with Crippen molar-refractivity contribution in [1.82, 2.24) is 4.90 Å². The minimum Gasteiger partial charge on any atom is -0.484 e. The number of hydrogen-bond acceptors (Lipinski definition) is 6. The molecule has 3 aliphatic rings. The van der Waals surface area contributed by atoms with Gasteiger partial charge in [-0.15, -0.1) is 0 Å². The van der Waals surface area contributed by atoms with Crippen LogP contribution in [0.15, 0.2) is 29.3 Å². The van der Waals surface area contributed by atoms with Crippen molar-refractivity contribution in [3.05, 3.63) is 29.8 Å². The number of para-hydroxylation sites is 1. The van der Waals surface area contributed by atoms with E-state index in [0.29, 0.717) is 12.3 Å². The zero-order valence-electron chi connectivity index (χ0n) is 16.0. The maximum atomic E-state index is 12.4. The Labute approximate surface area is 160 Å². The summed E-state index contributed by atoms with van der Waals surface area (Å²) < 4.78 is 10.5. The highest BCUT2D eigenvalue weighted by Crippen LogP contribution is 2.48. The van der Waals surface area contributed by atoms with E-state index in [0.717, 1.165) is 43.9 Å². The van der Waals surface area contributed by atoms with Gasteiger partial charge in [0.15, 0.2) is 5.90 Å². The van der Waals surface area contributed by atoms with E-state index in [1.807, 2.05) is 18.2 Å². The number of ether oxygens (including phenoxy) is 2. The summed E-state index contributed by atoms with van der Waals surface area (Å²) in [6, 6.07) is 8.39. The van der Waals surface area contributed by atoms with E-state index in [-0.39, 0.29) is 17.9 Å². The van der Waals surface area contributed by atoms with Crippen LogP contribution in [0.4, 0.5) is 5.69 Å². The summed E-state index contributed by atoms with van der Waals surface area (Å²) in [5.41, 5.74) is 2.11. The van der Waals surface area contributed by atoms with Gasteiger partial charge in [-0.3, -0.25) is 9.69 Å². The van der Waals surface area contributed by atoms with E-state index < -0.39 is 12.0 Å². The number of aliphatic hydroxyl groups is 1. The molecule has 0 spiro atoms. The molecule has 0 aromatic heterocycles. The predicted octanol–water partition coefficient (Wildman–Crippen LogP) is 2.69. The third kappa shape index (κ3) is 3.36. The molecule has 0 radical (unpaired) electrons. The quantitative estimate of drug-likeness (QED) is 0.768. The van der Waals surface area contributed by atoms with Gasteiger partial charge in [0, 0.05) is 25.6 Å². The summed E-state index contributed by atoms with van der Waals surface area (Å²) in [6.45, 7) is 1.82. The van der Waals surface area contributed by atoms with E-state index in [9.17, 15) is 9.90 Å². The molecule has 1 saturated heterocycles. The first-order valence-corrected chi connectivity index (χ1v) is 9.82. The van der Waals surface area contributed by atoms with Crippen molar-refractivity contribution in [3.8, 4) is 0 Å². The maximum Gasteiger partial charge on any atom is 0.311 e. The standard InChI is InChI=1S/C21H28N2O4/c1-26-19-9-10-23-12-13-7-8-18(24)20(21(25)27-2)15(13)11-17(23)14-5-3-4-6-16(14)22-19/h3-6,13,15,17-18,20,24H,7-12H2,1-2H3/b22-19+/t13-,15-,17-,18-,20+/m0/s1. The van der Waals surface area contributed by atoms with Gasteiger partial charge in [0.05, 0.1) is 31.9 Å². The first kappa shape index (κ1) is 18.4. The van der Waals surface area contributed by atoms with Gasteiger partial charge in [-0.05, 0) is 42.7 Å². The SMILES string of the molecule is COC(=O)[C@@H]1[C@H]2C[C@H]3c4ccccc4/N=C(/OC)CCN3C[C@@H]2CC[C@@H]1O. The molecule has 1 aromatic rings. The maximum absolute atomic E-state index is 12.4. The van der Waals surface area contributed by atoms with Crippen molar-refractivity contribution < 1.29 is 19.4 Å². The summed E-state index contributed by atoms with van der Waals surface area (Å²) in [5, 5.41) is 10.5. The lowest BCUT2D eigenvalue weighted by Gasteiger charge is -2.50. The molecule has 2 heterocycles. The number of fused-ring (bicyclic) bond motifs is 4. The normalized spacial score (nSPS) is 35.4. The van der Waals surface area contributed by atoms with Crippen molar-refractivity contribution in [3.63, 3.8) is 0 Å². The third-order valence-electron chi connectivity index (χ3n) is 6.58. The number of esters is 1. The van der Waals surface area contributed by atoms with Gasteiger partial charge in [0.2, 0.25) is 0 Å². The fourth-order valence-electron chi connectivity index (χ4n) is 5.25. The van der Waals surface area contributed by atoms with E-state index >= 15 is 0 Å². The number of benzene rings is 1. The van der Waals surface area contributed by atoms with Crippen molar-refractivity contribution in [2.24, 2.45) is 22.7 Å². The molecule has 0 bridgehead atoms. The van der Waals surface area contributed by atoms with Crippen LogP contribution in [-0.4, -0.2) is 55.3 Å². The van der Waals surface area contributed by atoms with Crippen LogP contribution in [-0.2, 0) is 14.3 Å². The topological polar surface area (TPSA) is 71.4 Å². The van der Waals surface area contributed by atoms with Crippen LogP contribution in [0.1, 0.15) is 37.3 Å². The number of carbonyl (C=O) groups is 1. The van der Waals surface area contributed by atoms with Gasteiger partial charge < -0.3 is 14.6 Å². The van der Waals surface area contributed by atoms with Crippen LogP contribution in [0.2, 0.25) is 0 Å². The second-order valence-electron chi connectivity index (χ2n) is 7.88. The van der Waals surface area contributed by atoms with Crippen LogP contribution < -0.4 is 0 Å². The highest BCUT2D eigenvalue weighted by atomic mass is 16.5. The molecule has 1 saturated carbocycles. The van der Waals surface area contributed by atoms with Crippen LogP contribution in [0, 0.1) is 17.8 Å². The lowest BCUT2D eigenvalue weighted by molar-refractivity contribution is -0.160. The Bertz CT molecular complexity index is 735. The summed E-state index contributed by atoms with van der Waals surface area (Å²) in [6.07, 6.45) is 2.64. The molecule has 0 amide bonds. The Hall–Kier alpha value is -1.92. The summed E-state index contributed by atoms with van der Waals surface area (Å²) in [7, 11) is 3.09. The average Bonchev–Trinajstić information content (AvgIpc) is 2.68. The third-order valence-corrected chi connectivity index (χ3v) is 6.58. The molecular formula is C21H28N2O4. The fourth-order valence-corrected chi connectivity index (χ4v) is 5.25. The van der Waals surface area contributed by atoms with Crippen LogP contribution in [0.3, 0.4) is 0 Å². The number of rotatable bonds is 1. The largest absolute Gasteiger partial charge is 0.484 e. The molecule has 146 valence electrons. The van der Waals surface area contributed by atoms with Gasteiger partial charge in [0.1, 0.15) is 0 Å². The van der Waals surface area contributed by atoms with Crippen LogP contribution >= 0.6 is 0 Å².